The number of anilines is 2. The molecule has 124 valence electrons. The van der Waals surface area contributed by atoms with E-state index in [4.69, 9.17) is 0 Å². The first kappa shape index (κ1) is 17.0. The van der Waals surface area contributed by atoms with Gasteiger partial charge in [-0.05, 0) is 30.2 Å². The summed E-state index contributed by atoms with van der Waals surface area (Å²) in [5.41, 5.74) is 1.42. The smallest absolute Gasteiger partial charge is 0.227 e. The number of nitrogens with one attached hydrogen (secondary N) is 2. The summed E-state index contributed by atoms with van der Waals surface area (Å²) < 4.78 is 0. The maximum absolute atomic E-state index is 12.2. The van der Waals surface area contributed by atoms with Crippen molar-refractivity contribution in [2.24, 2.45) is 11.8 Å². The fourth-order valence-corrected chi connectivity index (χ4v) is 2.51. The van der Waals surface area contributed by atoms with E-state index in [-0.39, 0.29) is 30.1 Å². The largest absolute Gasteiger partial charge is 0.356 e. The predicted octanol–water partition coefficient (Wildman–Crippen LogP) is 1.77. The molecule has 1 heterocycles. The van der Waals surface area contributed by atoms with Gasteiger partial charge in [-0.2, -0.15) is 0 Å². The molecule has 1 fully saturated rings. The molecule has 2 N–H and O–H groups in total. The number of carbonyl (C=O) groups excluding carboxylic acids is 3. The van der Waals surface area contributed by atoms with Crippen molar-refractivity contribution in [3.8, 4) is 0 Å². The average Bonchev–Trinajstić information content (AvgIpc) is 2.87. The van der Waals surface area contributed by atoms with Crippen LogP contribution in [0.2, 0.25) is 0 Å². The molecule has 3 amide bonds. The molecule has 0 radical (unpaired) electrons. The van der Waals surface area contributed by atoms with Gasteiger partial charge in [0, 0.05) is 37.8 Å². The van der Waals surface area contributed by atoms with Crippen LogP contribution in [-0.4, -0.2) is 30.8 Å². The highest BCUT2D eigenvalue weighted by Gasteiger charge is 2.34. The molecule has 0 spiro atoms. The van der Waals surface area contributed by atoms with Crippen LogP contribution in [0.1, 0.15) is 27.2 Å². The molecule has 1 aliphatic rings. The van der Waals surface area contributed by atoms with Crippen LogP contribution in [0.4, 0.5) is 11.4 Å². The SMILES string of the molecule is CC(=O)Nc1ccc(N2CC(C(=O)NCC(C)C)CC2=O)cc1. The van der Waals surface area contributed by atoms with Crippen molar-refractivity contribution >= 4 is 29.1 Å². The Morgan fingerprint density at radius 2 is 1.91 bits per heavy atom. The van der Waals surface area contributed by atoms with E-state index in [1.807, 2.05) is 13.8 Å². The van der Waals surface area contributed by atoms with Crippen LogP contribution in [0, 0.1) is 11.8 Å². The van der Waals surface area contributed by atoms with Gasteiger partial charge in [0.2, 0.25) is 17.7 Å². The first-order chi connectivity index (χ1) is 10.9. The molecule has 1 atom stereocenters. The predicted molar refractivity (Wildman–Crippen MR) is 89.1 cm³/mol. The summed E-state index contributed by atoms with van der Waals surface area (Å²) in [6.07, 6.45) is 0.234. The molecule has 6 heteroatoms. The highest BCUT2D eigenvalue weighted by Crippen LogP contribution is 2.26. The monoisotopic (exact) mass is 317 g/mol. The molecule has 1 saturated heterocycles. The van der Waals surface area contributed by atoms with E-state index in [9.17, 15) is 14.4 Å². The molecule has 1 aliphatic heterocycles. The summed E-state index contributed by atoms with van der Waals surface area (Å²) in [6, 6.07) is 7.04. The van der Waals surface area contributed by atoms with Crippen LogP contribution in [0.5, 0.6) is 0 Å². The first-order valence-corrected chi connectivity index (χ1v) is 7.82. The van der Waals surface area contributed by atoms with Gasteiger partial charge >= 0.3 is 0 Å². The van der Waals surface area contributed by atoms with Gasteiger partial charge in [-0.1, -0.05) is 13.8 Å². The number of nitrogens with zero attached hydrogens (tertiary/aromatic N) is 1. The van der Waals surface area contributed by atoms with Crippen LogP contribution in [0.15, 0.2) is 24.3 Å². The van der Waals surface area contributed by atoms with Crippen LogP contribution in [-0.2, 0) is 14.4 Å². The summed E-state index contributed by atoms with van der Waals surface area (Å²) in [5, 5.41) is 5.56. The third-order valence-corrected chi connectivity index (χ3v) is 3.68. The summed E-state index contributed by atoms with van der Waals surface area (Å²) in [7, 11) is 0. The number of hydrogen-bond acceptors (Lipinski definition) is 3. The van der Waals surface area contributed by atoms with Gasteiger partial charge in [0.05, 0.1) is 5.92 Å². The van der Waals surface area contributed by atoms with Crippen molar-refractivity contribution in [1.82, 2.24) is 5.32 Å². The second-order valence-corrected chi connectivity index (χ2v) is 6.27. The Balaban J connectivity index is 1.99. The number of amides is 3. The minimum atomic E-state index is -0.309. The minimum Gasteiger partial charge on any atom is -0.356 e. The lowest BCUT2D eigenvalue weighted by Gasteiger charge is -2.17. The molecule has 1 aromatic carbocycles. The summed E-state index contributed by atoms with van der Waals surface area (Å²) >= 11 is 0. The summed E-state index contributed by atoms with van der Waals surface area (Å²) in [6.45, 7) is 6.52. The Morgan fingerprint density at radius 1 is 1.26 bits per heavy atom. The van der Waals surface area contributed by atoms with Crippen molar-refractivity contribution in [2.75, 3.05) is 23.3 Å². The van der Waals surface area contributed by atoms with E-state index in [0.717, 1.165) is 5.69 Å². The molecule has 0 aromatic heterocycles. The molecule has 1 aromatic rings. The van der Waals surface area contributed by atoms with Crippen LogP contribution < -0.4 is 15.5 Å². The first-order valence-electron chi connectivity index (χ1n) is 7.82. The third kappa shape index (κ3) is 4.55. The second kappa shape index (κ2) is 7.26. The standard InChI is InChI=1S/C17H23N3O3/c1-11(2)9-18-17(23)13-8-16(22)20(10-13)15-6-4-14(5-7-15)19-12(3)21/h4-7,11,13H,8-10H2,1-3H3,(H,18,23)(H,19,21). The number of hydrogen-bond donors (Lipinski definition) is 2. The maximum atomic E-state index is 12.2. The maximum Gasteiger partial charge on any atom is 0.227 e. The van der Waals surface area contributed by atoms with Crippen molar-refractivity contribution in [3.05, 3.63) is 24.3 Å². The van der Waals surface area contributed by atoms with Crippen molar-refractivity contribution < 1.29 is 14.4 Å². The molecule has 2 rings (SSSR count). The highest BCUT2D eigenvalue weighted by molar-refractivity contribution is 6.00. The van der Waals surface area contributed by atoms with Gasteiger partial charge < -0.3 is 15.5 Å². The molecule has 0 aliphatic carbocycles. The average molecular weight is 317 g/mol. The van der Waals surface area contributed by atoms with Gasteiger partial charge in [0.25, 0.3) is 0 Å². The number of benzene rings is 1. The van der Waals surface area contributed by atoms with E-state index < -0.39 is 0 Å². The normalized spacial score (nSPS) is 17.5. The highest BCUT2D eigenvalue weighted by atomic mass is 16.2. The zero-order valence-corrected chi connectivity index (χ0v) is 13.8. The lowest BCUT2D eigenvalue weighted by atomic mass is 10.1. The van der Waals surface area contributed by atoms with Crippen LogP contribution in [0.3, 0.4) is 0 Å². The Morgan fingerprint density at radius 3 is 2.48 bits per heavy atom. The summed E-state index contributed by atoms with van der Waals surface area (Å²) in [5.74, 6) is -0.187. The quantitative estimate of drug-likeness (QED) is 0.869. The fourth-order valence-electron chi connectivity index (χ4n) is 2.51. The minimum absolute atomic E-state index is 0.0537. The number of carbonyl (C=O) groups is 3. The molecular weight excluding hydrogens is 294 g/mol. The lowest BCUT2D eigenvalue weighted by molar-refractivity contribution is -0.126. The van der Waals surface area contributed by atoms with Gasteiger partial charge in [0.15, 0.2) is 0 Å². The molecular formula is C17H23N3O3. The fraction of sp³-hybridized carbons (Fsp3) is 0.471. The van der Waals surface area contributed by atoms with E-state index in [1.54, 1.807) is 29.2 Å². The van der Waals surface area contributed by atoms with Gasteiger partial charge in [-0.3, -0.25) is 14.4 Å². The lowest BCUT2D eigenvalue weighted by Crippen LogP contribution is -2.35. The van der Waals surface area contributed by atoms with Crippen molar-refractivity contribution in [2.45, 2.75) is 27.2 Å². The topological polar surface area (TPSA) is 78.5 Å². The molecule has 0 saturated carbocycles. The van der Waals surface area contributed by atoms with Gasteiger partial charge in [-0.15, -0.1) is 0 Å². The van der Waals surface area contributed by atoms with E-state index >= 15 is 0 Å². The molecule has 1 unspecified atom stereocenters. The van der Waals surface area contributed by atoms with E-state index in [1.165, 1.54) is 6.92 Å². The molecule has 0 bridgehead atoms. The Bertz CT molecular complexity index is 596. The van der Waals surface area contributed by atoms with Crippen molar-refractivity contribution in [1.29, 1.82) is 0 Å². The zero-order valence-electron chi connectivity index (χ0n) is 13.8. The van der Waals surface area contributed by atoms with Gasteiger partial charge in [-0.25, -0.2) is 0 Å². The third-order valence-electron chi connectivity index (χ3n) is 3.68. The second-order valence-electron chi connectivity index (χ2n) is 6.27. The molecule has 23 heavy (non-hydrogen) atoms. The van der Waals surface area contributed by atoms with Crippen LogP contribution in [0.25, 0.3) is 0 Å². The number of rotatable bonds is 5. The summed E-state index contributed by atoms with van der Waals surface area (Å²) in [4.78, 5) is 36.9. The Kier molecular flexibility index (Phi) is 5.36. The van der Waals surface area contributed by atoms with Crippen molar-refractivity contribution in [3.63, 3.8) is 0 Å². The van der Waals surface area contributed by atoms with Gasteiger partial charge in [0.1, 0.15) is 0 Å². The Labute approximate surface area is 136 Å². The van der Waals surface area contributed by atoms with E-state index in [2.05, 4.69) is 10.6 Å². The zero-order chi connectivity index (χ0) is 17.0. The Hall–Kier alpha value is -2.37. The van der Waals surface area contributed by atoms with E-state index in [0.29, 0.717) is 24.7 Å². The van der Waals surface area contributed by atoms with Crippen LogP contribution >= 0.6 is 0 Å². The molecule has 6 nitrogen and oxygen atoms in total.